The van der Waals surface area contributed by atoms with Crippen LogP contribution in [-0.2, 0) is 22.4 Å². The summed E-state index contributed by atoms with van der Waals surface area (Å²) in [5.74, 6) is -2.28. The summed E-state index contributed by atoms with van der Waals surface area (Å²) in [5, 5.41) is 14.2. The lowest BCUT2D eigenvalue weighted by molar-refractivity contribution is -0.142. The highest BCUT2D eigenvalue weighted by molar-refractivity contribution is 6.31. The summed E-state index contributed by atoms with van der Waals surface area (Å²) in [7, 11) is 0. The zero-order chi connectivity index (χ0) is 32.8. The minimum atomic E-state index is -1.03. The molecule has 0 unspecified atom stereocenters. The van der Waals surface area contributed by atoms with Crippen molar-refractivity contribution < 1.29 is 19.5 Å². The molecule has 2 amide bonds. The molecule has 3 rings (SSSR count). The highest BCUT2D eigenvalue weighted by atomic mass is 35.5. The summed E-state index contributed by atoms with van der Waals surface area (Å²) in [6.07, 6.45) is 4.97. The molecule has 0 bridgehead atoms. The van der Waals surface area contributed by atoms with Crippen LogP contribution in [0.3, 0.4) is 0 Å². The number of hydrogen-bond donors (Lipinski definition) is 7. The van der Waals surface area contributed by atoms with Gasteiger partial charge in [-0.3, -0.25) is 19.9 Å². The number of nitrogens with one attached hydrogen (secondary N) is 2. The van der Waals surface area contributed by atoms with Crippen molar-refractivity contribution in [3.05, 3.63) is 70.5 Å². The number of nitrogen functional groups attached to an aromatic ring is 2. The van der Waals surface area contributed by atoms with Gasteiger partial charge >= 0.3 is 5.97 Å². The molecule has 0 aliphatic rings. The molecule has 1 heterocycles. The minimum absolute atomic E-state index is 0.0614. The number of aliphatic carboxylic acids is 1. The first-order valence-corrected chi connectivity index (χ1v) is 15.1. The third-order valence-corrected chi connectivity index (χ3v) is 7.26. The van der Waals surface area contributed by atoms with Gasteiger partial charge in [-0.1, -0.05) is 60.1 Å². The van der Waals surface area contributed by atoms with Crippen LogP contribution in [0.2, 0.25) is 5.15 Å². The predicted octanol–water partition coefficient (Wildman–Crippen LogP) is 2.66. The van der Waals surface area contributed by atoms with Gasteiger partial charge in [0.15, 0.2) is 28.4 Å². The first kappa shape index (κ1) is 34.7. The van der Waals surface area contributed by atoms with Crippen molar-refractivity contribution in [1.29, 1.82) is 0 Å². The number of carboxylic acids is 1. The number of benzene rings is 2. The van der Waals surface area contributed by atoms with Gasteiger partial charge in [-0.05, 0) is 73.7 Å². The molecule has 0 spiro atoms. The molecule has 1 aromatic heterocycles. The van der Waals surface area contributed by atoms with E-state index in [2.05, 4.69) is 49.9 Å². The number of aliphatic imine (C=N–C) groups is 1. The Balaban J connectivity index is 1.39. The number of amides is 2. The first-order chi connectivity index (χ1) is 21.6. The zero-order valence-corrected chi connectivity index (χ0v) is 25.7. The lowest BCUT2D eigenvalue weighted by Gasteiger charge is -2.14. The summed E-state index contributed by atoms with van der Waals surface area (Å²) in [5.41, 5.74) is 26.6. The number of nitrogens with two attached hydrogens (primary N) is 4. The number of guanidine groups is 1. The van der Waals surface area contributed by atoms with Gasteiger partial charge < -0.3 is 33.4 Å². The predicted molar refractivity (Wildman–Crippen MR) is 175 cm³/mol. The molecule has 11 N–H and O–H groups in total. The summed E-state index contributed by atoms with van der Waals surface area (Å²) >= 11 is 5.81. The molecule has 0 saturated heterocycles. The monoisotopic (exact) mass is 637 g/mol. The molecule has 13 nitrogen and oxygen atoms in total. The van der Waals surface area contributed by atoms with Crippen molar-refractivity contribution in [2.24, 2.45) is 16.5 Å². The van der Waals surface area contributed by atoms with E-state index in [-0.39, 0.29) is 40.8 Å². The van der Waals surface area contributed by atoms with Crippen LogP contribution in [0.1, 0.15) is 60.1 Å². The zero-order valence-electron chi connectivity index (χ0n) is 25.0. The normalized spacial score (nSPS) is 12.0. The van der Waals surface area contributed by atoms with E-state index < -0.39 is 17.9 Å². The maximum atomic E-state index is 12.3. The SMILES string of the molecule is NCCCC[C@@H](NC(=O)CCc1ccc(-c2ccc(CCCCN=C(N)NC(=O)c3nc(Cl)c(N)nc3N)cc2)cc1)C(=O)O. The molecule has 2 aromatic carbocycles. The fraction of sp³-hybridized carbons (Fsp3) is 0.355. The smallest absolute Gasteiger partial charge is 0.326 e. The number of nitrogens with zero attached hydrogens (tertiary/aromatic N) is 3. The van der Waals surface area contributed by atoms with Gasteiger partial charge in [-0.25, -0.2) is 14.8 Å². The lowest BCUT2D eigenvalue weighted by atomic mass is 9.99. The molecule has 0 fully saturated rings. The van der Waals surface area contributed by atoms with Gasteiger partial charge in [0.25, 0.3) is 5.91 Å². The number of carbonyl (C=O) groups is 3. The van der Waals surface area contributed by atoms with Gasteiger partial charge in [-0.2, -0.15) is 0 Å². The summed E-state index contributed by atoms with van der Waals surface area (Å²) in [4.78, 5) is 47.8. The Bertz CT molecular complexity index is 1480. The summed E-state index contributed by atoms with van der Waals surface area (Å²) in [6.45, 7) is 0.924. The number of unbranched alkanes of at least 4 members (excludes halogenated alkanes) is 2. The molecule has 0 aliphatic carbocycles. The quantitative estimate of drug-likeness (QED) is 0.0688. The number of carboxylic acid groups (broad SMARTS) is 1. The van der Waals surface area contributed by atoms with Gasteiger partial charge in [0.05, 0.1) is 0 Å². The maximum absolute atomic E-state index is 12.3. The Morgan fingerprint density at radius 1 is 0.867 bits per heavy atom. The molecule has 3 aromatic rings. The molecular weight excluding hydrogens is 598 g/mol. The van der Waals surface area contributed by atoms with E-state index in [1.807, 2.05) is 24.3 Å². The molecule has 0 aliphatic heterocycles. The minimum Gasteiger partial charge on any atom is -0.480 e. The second-order valence-electron chi connectivity index (χ2n) is 10.4. The average Bonchev–Trinajstić information content (AvgIpc) is 3.01. The Morgan fingerprint density at radius 2 is 1.49 bits per heavy atom. The Kier molecular flexibility index (Phi) is 13.5. The van der Waals surface area contributed by atoms with Gasteiger partial charge in [0, 0.05) is 13.0 Å². The molecule has 0 radical (unpaired) electrons. The van der Waals surface area contributed by atoms with Gasteiger partial charge in [0.1, 0.15) is 6.04 Å². The van der Waals surface area contributed by atoms with E-state index >= 15 is 0 Å². The van der Waals surface area contributed by atoms with Crippen molar-refractivity contribution in [3.63, 3.8) is 0 Å². The Hall–Kier alpha value is -4.75. The number of rotatable bonds is 16. The van der Waals surface area contributed by atoms with Crippen LogP contribution in [0.25, 0.3) is 11.1 Å². The molecule has 14 heteroatoms. The number of hydrogen-bond acceptors (Lipinski definition) is 9. The number of carbonyl (C=O) groups excluding carboxylic acids is 2. The third-order valence-electron chi connectivity index (χ3n) is 6.98. The van der Waals surface area contributed by atoms with E-state index in [1.54, 1.807) is 0 Å². The molecule has 1 atom stereocenters. The second kappa shape index (κ2) is 17.5. The van der Waals surface area contributed by atoms with Crippen LogP contribution in [-0.4, -0.2) is 57.9 Å². The van der Waals surface area contributed by atoms with Crippen molar-refractivity contribution in [2.45, 2.75) is 57.4 Å². The maximum Gasteiger partial charge on any atom is 0.326 e. The van der Waals surface area contributed by atoms with Crippen molar-refractivity contribution in [3.8, 4) is 11.1 Å². The van der Waals surface area contributed by atoms with Crippen molar-refractivity contribution >= 4 is 47.0 Å². The van der Waals surface area contributed by atoms with Crippen LogP contribution in [0, 0.1) is 0 Å². The third kappa shape index (κ3) is 11.4. The van der Waals surface area contributed by atoms with Crippen molar-refractivity contribution in [2.75, 3.05) is 24.6 Å². The standard InChI is InChI=1S/C31H40ClN9O4/c32-26-28(35)40-27(34)25(39-26)29(43)41-31(36)37-18-4-2-5-19-7-12-21(13-8-19)22-14-9-20(10-15-22)11-16-24(42)38-23(30(44)45)6-1-3-17-33/h7-10,12-15,23H,1-6,11,16-18,33H2,(H,38,42)(H,44,45)(H4,34,35,40)(H3,36,37,41,43)/t23-/m1/s1. The van der Waals surface area contributed by atoms with Crippen LogP contribution in [0.5, 0.6) is 0 Å². The topological polar surface area (TPSA) is 238 Å². The molecular formula is C31H40ClN9O4. The number of anilines is 2. The fourth-order valence-corrected chi connectivity index (χ4v) is 4.59. The molecule has 0 saturated carbocycles. The first-order valence-electron chi connectivity index (χ1n) is 14.7. The van der Waals surface area contributed by atoms with Crippen LogP contribution in [0.15, 0.2) is 53.5 Å². The van der Waals surface area contributed by atoms with Gasteiger partial charge in [-0.15, -0.1) is 0 Å². The fourth-order valence-electron chi connectivity index (χ4n) is 4.47. The Labute approximate surface area is 266 Å². The largest absolute Gasteiger partial charge is 0.480 e. The molecule has 45 heavy (non-hydrogen) atoms. The number of aromatic nitrogens is 2. The summed E-state index contributed by atoms with van der Waals surface area (Å²) in [6, 6.07) is 15.4. The highest BCUT2D eigenvalue weighted by Crippen LogP contribution is 2.22. The lowest BCUT2D eigenvalue weighted by Crippen LogP contribution is -2.40. The van der Waals surface area contributed by atoms with Crippen LogP contribution < -0.4 is 33.6 Å². The van der Waals surface area contributed by atoms with E-state index in [0.717, 1.165) is 42.4 Å². The van der Waals surface area contributed by atoms with E-state index in [4.69, 9.17) is 34.5 Å². The summed E-state index contributed by atoms with van der Waals surface area (Å²) < 4.78 is 0. The average molecular weight is 638 g/mol. The van der Waals surface area contributed by atoms with Gasteiger partial charge in [0.2, 0.25) is 5.91 Å². The van der Waals surface area contributed by atoms with E-state index in [1.165, 1.54) is 5.56 Å². The molecule has 240 valence electrons. The van der Waals surface area contributed by atoms with E-state index in [9.17, 15) is 19.5 Å². The second-order valence-corrected chi connectivity index (χ2v) is 10.8. The number of halogens is 1. The highest BCUT2D eigenvalue weighted by Gasteiger charge is 2.19. The van der Waals surface area contributed by atoms with Crippen LogP contribution in [0.4, 0.5) is 11.6 Å². The Morgan fingerprint density at radius 3 is 2.09 bits per heavy atom. The van der Waals surface area contributed by atoms with Crippen LogP contribution >= 0.6 is 11.6 Å². The number of aryl methyl sites for hydroxylation is 2. The van der Waals surface area contributed by atoms with Crippen molar-refractivity contribution in [1.82, 2.24) is 20.6 Å². The van der Waals surface area contributed by atoms with E-state index in [0.29, 0.717) is 32.4 Å².